The van der Waals surface area contributed by atoms with E-state index in [0.29, 0.717) is 15.7 Å². The van der Waals surface area contributed by atoms with E-state index in [9.17, 15) is 13.2 Å². The van der Waals surface area contributed by atoms with Gasteiger partial charge >= 0.3 is 0 Å². The summed E-state index contributed by atoms with van der Waals surface area (Å²) in [6, 6.07) is 8.35. The van der Waals surface area contributed by atoms with Gasteiger partial charge in [0.05, 0.1) is 17.0 Å². The number of carbonyl (C=O) groups excluding carboxylic acids is 1. The highest BCUT2D eigenvalue weighted by atomic mass is 35.5. The highest BCUT2D eigenvalue weighted by molar-refractivity contribution is 7.92. The second-order valence-corrected chi connectivity index (χ2v) is 8.92. The molecule has 0 bridgehead atoms. The lowest BCUT2D eigenvalue weighted by Crippen LogP contribution is -2.45. The maximum Gasteiger partial charge on any atom is 0.248 e. The standard InChI is InChI=1S/C17H17Cl3N2O3S/c1-10-8-12(18)5-7-15(10)21-17(23)11(2)22(26(3,24)25)16-9-13(19)4-6-14(16)20/h4-9,11H,1-3H3,(H,21,23)/t11-/m0/s1. The smallest absolute Gasteiger partial charge is 0.248 e. The number of nitrogens with one attached hydrogen (secondary N) is 1. The zero-order valence-electron chi connectivity index (χ0n) is 14.3. The summed E-state index contributed by atoms with van der Waals surface area (Å²) in [6.45, 7) is 3.26. The first-order valence-corrected chi connectivity index (χ1v) is 10.5. The van der Waals surface area contributed by atoms with Gasteiger partial charge in [0.1, 0.15) is 6.04 Å². The maximum absolute atomic E-state index is 12.7. The van der Waals surface area contributed by atoms with Gasteiger partial charge in [0, 0.05) is 15.7 Å². The number of benzene rings is 2. The molecule has 0 aliphatic heterocycles. The van der Waals surface area contributed by atoms with Crippen LogP contribution in [-0.4, -0.2) is 26.6 Å². The molecule has 0 aromatic heterocycles. The molecule has 0 saturated carbocycles. The number of aryl methyl sites for hydroxylation is 1. The highest BCUT2D eigenvalue weighted by Gasteiger charge is 2.31. The minimum absolute atomic E-state index is 0.136. The summed E-state index contributed by atoms with van der Waals surface area (Å²) in [5.41, 5.74) is 1.43. The molecule has 26 heavy (non-hydrogen) atoms. The van der Waals surface area contributed by atoms with Gasteiger partial charge in [-0.2, -0.15) is 0 Å². The summed E-state index contributed by atoms with van der Waals surface area (Å²) in [5, 5.41) is 3.73. The molecule has 0 fully saturated rings. The van der Waals surface area contributed by atoms with Crippen molar-refractivity contribution in [2.24, 2.45) is 0 Å². The van der Waals surface area contributed by atoms with Crippen molar-refractivity contribution in [3.05, 3.63) is 57.0 Å². The molecule has 2 aromatic rings. The SMILES string of the molecule is Cc1cc(Cl)ccc1NC(=O)[C@H](C)N(c1cc(Cl)ccc1Cl)S(C)(=O)=O. The first-order valence-electron chi connectivity index (χ1n) is 7.52. The number of sulfonamides is 1. The summed E-state index contributed by atoms with van der Waals surface area (Å²) < 4.78 is 25.6. The number of carbonyl (C=O) groups is 1. The van der Waals surface area contributed by atoms with Crippen LogP contribution in [0, 0.1) is 6.92 Å². The number of hydrogen-bond donors (Lipinski definition) is 1. The Balaban J connectivity index is 2.39. The van der Waals surface area contributed by atoms with Crippen molar-refractivity contribution in [1.82, 2.24) is 0 Å². The lowest BCUT2D eigenvalue weighted by molar-refractivity contribution is -0.116. The fraction of sp³-hybridized carbons (Fsp3) is 0.235. The van der Waals surface area contributed by atoms with Crippen LogP contribution >= 0.6 is 34.8 Å². The van der Waals surface area contributed by atoms with Crippen molar-refractivity contribution in [1.29, 1.82) is 0 Å². The van der Waals surface area contributed by atoms with E-state index in [0.717, 1.165) is 16.1 Å². The van der Waals surface area contributed by atoms with E-state index in [1.165, 1.54) is 25.1 Å². The number of amides is 1. The Kier molecular flexibility index (Phi) is 6.45. The minimum Gasteiger partial charge on any atom is -0.324 e. The molecule has 1 N–H and O–H groups in total. The Labute approximate surface area is 167 Å². The van der Waals surface area contributed by atoms with E-state index in [1.807, 2.05) is 0 Å². The Morgan fingerprint density at radius 2 is 1.65 bits per heavy atom. The molecular formula is C17H17Cl3N2O3S. The van der Waals surface area contributed by atoms with Crippen molar-refractivity contribution in [2.45, 2.75) is 19.9 Å². The average Bonchev–Trinajstić information content (AvgIpc) is 2.52. The Morgan fingerprint density at radius 3 is 2.23 bits per heavy atom. The molecule has 0 aliphatic rings. The molecule has 0 unspecified atom stereocenters. The van der Waals surface area contributed by atoms with Gasteiger partial charge < -0.3 is 5.32 Å². The summed E-state index contributed by atoms with van der Waals surface area (Å²) >= 11 is 18.0. The van der Waals surface area contributed by atoms with Crippen LogP contribution in [0.15, 0.2) is 36.4 Å². The molecule has 5 nitrogen and oxygen atoms in total. The minimum atomic E-state index is -3.80. The van der Waals surface area contributed by atoms with Crippen molar-refractivity contribution < 1.29 is 13.2 Å². The van der Waals surface area contributed by atoms with E-state index in [-0.39, 0.29) is 10.7 Å². The van der Waals surface area contributed by atoms with Crippen molar-refractivity contribution >= 4 is 62.1 Å². The number of rotatable bonds is 5. The zero-order chi connectivity index (χ0) is 19.6. The molecule has 2 aromatic carbocycles. The summed E-state index contributed by atoms with van der Waals surface area (Å²) in [5.74, 6) is -0.517. The quantitative estimate of drug-likeness (QED) is 0.737. The summed E-state index contributed by atoms with van der Waals surface area (Å²) in [6.07, 6.45) is 1.00. The van der Waals surface area contributed by atoms with Crippen LogP contribution in [0.3, 0.4) is 0 Å². The van der Waals surface area contributed by atoms with Gasteiger partial charge in [0.25, 0.3) is 0 Å². The Bertz CT molecular complexity index is 948. The van der Waals surface area contributed by atoms with Gasteiger partial charge in [-0.25, -0.2) is 8.42 Å². The van der Waals surface area contributed by atoms with Crippen LogP contribution in [-0.2, 0) is 14.8 Å². The number of halogens is 3. The normalized spacial score (nSPS) is 12.5. The Morgan fingerprint density at radius 1 is 1.08 bits per heavy atom. The topological polar surface area (TPSA) is 66.5 Å². The number of nitrogens with zero attached hydrogens (tertiary/aromatic N) is 1. The largest absolute Gasteiger partial charge is 0.324 e. The summed E-state index contributed by atoms with van der Waals surface area (Å²) in [7, 11) is -3.80. The molecule has 0 radical (unpaired) electrons. The second kappa shape index (κ2) is 8.05. The second-order valence-electron chi connectivity index (χ2n) is 5.78. The fourth-order valence-corrected chi connectivity index (χ4v) is 4.27. The van der Waals surface area contributed by atoms with Crippen molar-refractivity contribution in [2.75, 3.05) is 15.9 Å². The summed E-state index contributed by atoms with van der Waals surface area (Å²) in [4.78, 5) is 12.7. The van der Waals surface area contributed by atoms with E-state index in [4.69, 9.17) is 34.8 Å². The van der Waals surface area contributed by atoms with Crippen LogP contribution in [0.4, 0.5) is 11.4 Å². The van der Waals surface area contributed by atoms with Crippen molar-refractivity contribution in [3.8, 4) is 0 Å². The molecule has 140 valence electrons. The van der Waals surface area contributed by atoms with Crippen LogP contribution in [0.5, 0.6) is 0 Å². The molecule has 1 atom stereocenters. The van der Waals surface area contributed by atoms with E-state index in [2.05, 4.69) is 5.32 Å². The molecule has 0 spiro atoms. The zero-order valence-corrected chi connectivity index (χ0v) is 17.3. The third-order valence-electron chi connectivity index (χ3n) is 3.68. The van der Waals surface area contributed by atoms with Crippen molar-refractivity contribution in [3.63, 3.8) is 0 Å². The number of hydrogen-bond acceptors (Lipinski definition) is 3. The molecule has 0 heterocycles. The first-order chi connectivity index (χ1) is 12.0. The predicted octanol–water partition coefficient (Wildman–Crippen LogP) is 4.75. The third kappa shape index (κ3) is 4.82. The highest BCUT2D eigenvalue weighted by Crippen LogP contribution is 2.32. The molecule has 0 aliphatic carbocycles. The molecule has 1 amide bonds. The molecule has 9 heteroatoms. The van der Waals surface area contributed by atoms with Gasteiger partial charge in [-0.15, -0.1) is 0 Å². The van der Waals surface area contributed by atoms with E-state index in [1.54, 1.807) is 25.1 Å². The maximum atomic E-state index is 12.7. The fourth-order valence-electron chi connectivity index (χ4n) is 2.44. The van der Waals surface area contributed by atoms with Crippen LogP contribution in [0.2, 0.25) is 15.1 Å². The van der Waals surface area contributed by atoms with Crippen LogP contribution < -0.4 is 9.62 Å². The van der Waals surface area contributed by atoms with Gasteiger partial charge in [-0.1, -0.05) is 34.8 Å². The lowest BCUT2D eigenvalue weighted by Gasteiger charge is -2.29. The Hall–Kier alpha value is -1.47. The third-order valence-corrected chi connectivity index (χ3v) is 5.70. The van der Waals surface area contributed by atoms with Gasteiger partial charge in [-0.3, -0.25) is 9.10 Å². The van der Waals surface area contributed by atoms with E-state index >= 15 is 0 Å². The average molecular weight is 436 g/mol. The molecule has 0 saturated heterocycles. The van der Waals surface area contributed by atoms with Gasteiger partial charge in [0.2, 0.25) is 15.9 Å². The van der Waals surface area contributed by atoms with Gasteiger partial charge in [0.15, 0.2) is 0 Å². The molecular weight excluding hydrogens is 419 g/mol. The molecule has 2 rings (SSSR count). The van der Waals surface area contributed by atoms with Crippen LogP contribution in [0.25, 0.3) is 0 Å². The number of anilines is 2. The van der Waals surface area contributed by atoms with Crippen LogP contribution in [0.1, 0.15) is 12.5 Å². The van der Waals surface area contributed by atoms with Gasteiger partial charge in [-0.05, 0) is 55.8 Å². The predicted molar refractivity (Wildman–Crippen MR) is 108 cm³/mol. The lowest BCUT2D eigenvalue weighted by atomic mass is 10.2. The monoisotopic (exact) mass is 434 g/mol. The first kappa shape index (κ1) is 20.8. The van der Waals surface area contributed by atoms with E-state index < -0.39 is 22.0 Å².